The summed E-state index contributed by atoms with van der Waals surface area (Å²) in [4.78, 5) is 11.5. The Morgan fingerprint density at radius 3 is 3.00 bits per heavy atom. The molecule has 1 aliphatic heterocycles. The number of hydrazine groups is 1. The van der Waals surface area contributed by atoms with Crippen molar-refractivity contribution in [3.63, 3.8) is 0 Å². The van der Waals surface area contributed by atoms with Gasteiger partial charge in [0.05, 0.1) is 18.6 Å². The normalized spacial score (nSPS) is 19.8. The van der Waals surface area contributed by atoms with Crippen molar-refractivity contribution in [1.29, 1.82) is 0 Å². The molecule has 19 heavy (non-hydrogen) atoms. The van der Waals surface area contributed by atoms with Gasteiger partial charge in [-0.1, -0.05) is 0 Å². The number of aryl methyl sites for hydroxylation is 2. The van der Waals surface area contributed by atoms with Gasteiger partial charge in [-0.25, -0.2) is 15.0 Å². The summed E-state index contributed by atoms with van der Waals surface area (Å²) in [5, 5.41) is 3.43. The van der Waals surface area contributed by atoms with Gasteiger partial charge >= 0.3 is 0 Å². The van der Waals surface area contributed by atoms with Crippen LogP contribution >= 0.6 is 11.3 Å². The molecule has 2 aromatic heterocycles. The van der Waals surface area contributed by atoms with Gasteiger partial charge in [0.25, 0.3) is 0 Å². The fraction of sp³-hybridized carbons (Fsp3) is 0.538. The molecule has 0 aromatic carbocycles. The van der Waals surface area contributed by atoms with Crippen LogP contribution in [-0.2, 0) is 17.6 Å². The number of fused-ring (bicyclic) bond motifs is 3. The number of aromatic nitrogens is 2. The number of hydrogen-bond donors (Lipinski definition) is 1. The van der Waals surface area contributed by atoms with Gasteiger partial charge in [0.2, 0.25) is 0 Å². The van der Waals surface area contributed by atoms with E-state index in [2.05, 4.69) is 20.4 Å². The second-order valence-electron chi connectivity index (χ2n) is 4.97. The summed E-state index contributed by atoms with van der Waals surface area (Å²) in [7, 11) is 0. The number of thiophene rings is 1. The van der Waals surface area contributed by atoms with Crippen molar-refractivity contribution in [2.24, 2.45) is 0 Å². The van der Waals surface area contributed by atoms with Crippen molar-refractivity contribution < 1.29 is 4.74 Å². The molecule has 0 spiro atoms. The standard InChI is InChI=1S/C13H16N4OS/c1-2-9-10(3-1)19-13-11(9)12(14-8-15-13)16-17-4-6-18-7-5-17/h8H,1-7H2,(H,14,15,16). The van der Waals surface area contributed by atoms with E-state index in [-0.39, 0.29) is 0 Å². The number of rotatable bonds is 2. The number of nitrogens with one attached hydrogen (secondary N) is 1. The van der Waals surface area contributed by atoms with E-state index in [0.717, 1.165) is 37.0 Å². The van der Waals surface area contributed by atoms with Gasteiger partial charge in [-0.05, 0) is 24.8 Å². The van der Waals surface area contributed by atoms with Crippen molar-refractivity contribution in [3.05, 3.63) is 16.8 Å². The SMILES string of the molecule is c1nc(NN2CCOCC2)c2c3c(sc2n1)CCC3. The van der Waals surface area contributed by atoms with Crippen molar-refractivity contribution in [3.8, 4) is 0 Å². The molecule has 2 aliphatic rings. The lowest BCUT2D eigenvalue weighted by atomic mass is 10.2. The number of anilines is 1. The second-order valence-corrected chi connectivity index (χ2v) is 6.05. The highest BCUT2D eigenvalue weighted by atomic mass is 32.1. The number of nitrogens with zero attached hydrogens (tertiary/aromatic N) is 3. The Bertz CT molecular complexity index is 606. The van der Waals surface area contributed by atoms with E-state index in [1.165, 1.54) is 35.1 Å². The zero-order valence-electron chi connectivity index (χ0n) is 10.7. The van der Waals surface area contributed by atoms with Crippen LogP contribution in [0, 0.1) is 0 Å². The van der Waals surface area contributed by atoms with Crippen molar-refractivity contribution in [2.45, 2.75) is 19.3 Å². The molecular weight excluding hydrogens is 260 g/mol. The van der Waals surface area contributed by atoms with Crippen LogP contribution in [0.5, 0.6) is 0 Å². The molecule has 0 unspecified atom stereocenters. The molecule has 2 aromatic rings. The maximum atomic E-state index is 5.37. The summed E-state index contributed by atoms with van der Waals surface area (Å²) < 4.78 is 5.37. The molecule has 0 radical (unpaired) electrons. The van der Waals surface area contributed by atoms with Crippen LogP contribution in [0.25, 0.3) is 10.2 Å². The Labute approximate surface area is 115 Å². The van der Waals surface area contributed by atoms with Gasteiger partial charge in [-0.15, -0.1) is 11.3 Å². The highest BCUT2D eigenvalue weighted by molar-refractivity contribution is 7.19. The van der Waals surface area contributed by atoms with E-state index in [9.17, 15) is 0 Å². The van der Waals surface area contributed by atoms with Crippen LogP contribution in [0.1, 0.15) is 16.9 Å². The predicted molar refractivity (Wildman–Crippen MR) is 75.5 cm³/mol. The first-order valence-corrected chi connectivity index (χ1v) is 7.58. The third-order valence-corrected chi connectivity index (χ3v) is 4.98. The minimum absolute atomic E-state index is 0.781. The molecule has 0 saturated carbocycles. The fourth-order valence-corrected chi connectivity index (χ4v) is 4.07. The van der Waals surface area contributed by atoms with E-state index in [0.29, 0.717) is 0 Å². The van der Waals surface area contributed by atoms with Gasteiger partial charge in [0.1, 0.15) is 11.2 Å². The van der Waals surface area contributed by atoms with E-state index < -0.39 is 0 Å². The molecule has 1 fully saturated rings. The fourth-order valence-electron chi connectivity index (χ4n) is 2.84. The molecule has 4 rings (SSSR count). The first-order chi connectivity index (χ1) is 9.42. The topological polar surface area (TPSA) is 50.3 Å². The third-order valence-electron chi connectivity index (χ3n) is 3.78. The number of hydrogen-bond acceptors (Lipinski definition) is 6. The van der Waals surface area contributed by atoms with Gasteiger partial charge in [-0.2, -0.15) is 0 Å². The Kier molecular flexibility index (Phi) is 2.86. The molecule has 0 amide bonds. The van der Waals surface area contributed by atoms with E-state index in [4.69, 9.17) is 4.74 Å². The van der Waals surface area contributed by atoms with Crippen LogP contribution in [0.2, 0.25) is 0 Å². The lowest BCUT2D eigenvalue weighted by Crippen LogP contribution is -2.40. The molecule has 1 aliphatic carbocycles. The first-order valence-electron chi connectivity index (χ1n) is 6.76. The van der Waals surface area contributed by atoms with Gasteiger partial charge in [0, 0.05) is 18.0 Å². The summed E-state index contributed by atoms with van der Waals surface area (Å²) in [6.07, 6.45) is 5.30. The van der Waals surface area contributed by atoms with Crippen LogP contribution < -0.4 is 5.43 Å². The Balaban J connectivity index is 1.72. The molecule has 1 N–H and O–H groups in total. The quantitative estimate of drug-likeness (QED) is 0.907. The molecule has 1 saturated heterocycles. The molecule has 3 heterocycles. The predicted octanol–water partition coefficient (Wildman–Crippen LogP) is 1.84. The van der Waals surface area contributed by atoms with Crippen LogP contribution in [0.15, 0.2) is 6.33 Å². The molecule has 0 atom stereocenters. The summed E-state index contributed by atoms with van der Waals surface area (Å²) >= 11 is 1.83. The van der Waals surface area contributed by atoms with Gasteiger partial charge < -0.3 is 10.2 Å². The maximum absolute atomic E-state index is 5.37. The van der Waals surface area contributed by atoms with E-state index in [1.807, 2.05) is 11.3 Å². The molecule has 5 nitrogen and oxygen atoms in total. The zero-order chi connectivity index (χ0) is 12.7. The van der Waals surface area contributed by atoms with Crippen molar-refractivity contribution in [1.82, 2.24) is 15.0 Å². The van der Waals surface area contributed by atoms with Crippen molar-refractivity contribution in [2.75, 3.05) is 31.7 Å². The summed E-state index contributed by atoms with van der Waals surface area (Å²) in [5.74, 6) is 0.964. The van der Waals surface area contributed by atoms with E-state index in [1.54, 1.807) is 6.33 Å². The Hall–Kier alpha value is -1.24. The lowest BCUT2D eigenvalue weighted by Gasteiger charge is -2.27. The second kappa shape index (κ2) is 4.70. The largest absolute Gasteiger partial charge is 0.379 e. The average molecular weight is 276 g/mol. The monoisotopic (exact) mass is 276 g/mol. The van der Waals surface area contributed by atoms with E-state index >= 15 is 0 Å². The summed E-state index contributed by atoms with van der Waals surface area (Å²) in [6.45, 7) is 3.36. The molecule has 0 bridgehead atoms. The molecule has 100 valence electrons. The maximum Gasteiger partial charge on any atom is 0.152 e. The van der Waals surface area contributed by atoms with Gasteiger partial charge in [0.15, 0.2) is 5.82 Å². The van der Waals surface area contributed by atoms with Crippen LogP contribution in [-0.4, -0.2) is 41.3 Å². The lowest BCUT2D eigenvalue weighted by molar-refractivity contribution is 0.0495. The van der Waals surface area contributed by atoms with Crippen LogP contribution in [0.3, 0.4) is 0 Å². The highest BCUT2D eigenvalue weighted by Gasteiger charge is 2.22. The summed E-state index contributed by atoms with van der Waals surface area (Å²) in [6, 6.07) is 0. The Morgan fingerprint density at radius 2 is 2.11 bits per heavy atom. The molecular formula is C13H16N4OS. The van der Waals surface area contributed by atoms with Crippen LogP contribution in [0.4, 0.5) is 5.82 Å². The first kappa shape index (κ1) is 11.6. The number of ether oxygens (including phenoxy) is 1. The Morgan fingerprint density at radius 1 is 1.21 bits per heavy atom. The average Bonchev–Trinajstić information content (AvgIpc) is 3.00. The van der Waals surface area contributed by atoms with Crippen molar-refractivity contribution >= 4 is 27.4 Å². The molecule has 6 heteroatoms. The smallest absolute Gasteiger partial charge is 0.152 e. The minimum atomic E-state index is 0.781. The minimum Gasteiger partial charge on any atom is -0.379 e. The summed E-state index contributed by atoms with van der Waals surface area (Å²) in [5.41, 5.74) is 4.92. The third kappa shape index (κ3) is 2.00. The van der Waals surface area contributed by atoms with Gasteiger partial charge in [-0.3, -0.25) is 0 Å². The number of morpholine rings is 1. The zero-order valence-corrected chi connectivity index (χ0v) is 11.5. The highest BCUT2D eigenvalue weighted by Crippen LogP contribution is 2.39.